The second kappa shape index (κ2) is 13.0. The number of rotatable bonds is 6. The summed E-state index contributed by atoms with van der Waals surface area (Å²) < 4.78 is 0. The number of anilines is 4. The number of phenols is 1. The van der Waals surface area contributed by atoms with Gasteiger partial charge in [0.2, 0.25) is 6.41 Å². The number of carbonyl (C=O) groups excluding carboxylic acids is 1. The zero-order valence-corrected chi connectivity index (χ0v) is 19.5. The van der Waals surface area contributed by atoms with Crippen LogP contribution in [0.25, 0.3) is 0 Å². The molecule has 33 heavy (non-hydrogen) atoms. The van der Waals surface area contributed by atoms with Gasteiger partial charge in [-0.1, -0.05) is 83.1 Å². The molecule has 0 aliphatic heterocycles. The quantitative estimate of drug-likeness (QED) is 0.258. The number of nitrogens with one attached hydrogen (secondary N) is 3. The van der Waals surface area contributed by atoms with E-state index < -0.39 is 10.9 Å². The van der Waals surface area contributed by atoms with Crippen LogP contribution in [0.2, 0.25) is 0 Å². The van der Waals surface area contributed by atoms with Crippen molar-refractivity contribution in [1.29, 1.82) is 0 Å². The summed E-state index contributed by atoms with van der Waals surface area (Å²) >= 11 is 0. The van der Waals surface area contributed by atoms with E-state index in [0.29, 0.717) is 12.1 Å². The zero-order valence-electron chi connectivity index (χ0n) is 19.5. The van der Waals surface area contributed by atoms with Crippen LogP contribution in [0.1, 0.15) is 89.9 Å². The van der Waals surface area contributed by atoms with Crippen LogP contribution in [0.15, 0.2) is 27.8 Å². The van der Waals surface area contributed by atoms with Crippen LogP contribution in [0.4, 0.5) is 22.7 Å². The Morgan fingerprint density at radius 2 is 1.21 bits per heavy atom. The number of hydrogen-bond acceptors (Lipinski definition) is 6. The number of phenolic OH excluding ortho intramolecular Hbond substituents is 1. The van der Waals surface area contributed by atoms with Crippen molar-refractivity contribution in [3.63, 3.8) is 0 Å². The maximum Gasteiger partial charge on any atom is 0.253 e. The van der Waals surface area contributed by atoms with Crippen molar-refractivity contribution in [3.8, 4) is 5.75 Å². The van der Waals surface area contributed by atoms with Gasteiger partial charge in [0, 0.05) is 6.04 Å². The largest absolute Gasteiger partial charge is 0.504 e. The number of benzene rings is 1. The van der Waals surface area contributed by atoms with Gasteiger partial charge in [0.15, 0.2) is 5.75 Å². The van der Waals surface area contributed by atoms with E-state index in [2.05, 4.69) is 16.0 Å². The molecule has 7 heteroatoms. The van der Waals surface area contributed by atoms with Gasteiger partial charge in [0.1, 0.15) is 11.4 Å². The van der Waals surface area contributed by atoms with E-state index in [4.69, 9.17) is 0 Å². The summed E-state index contributed by atoms with van der Waals surface area (Å²) in [5.41, 5.74) is -0.146. The van der Waals surface area contributed by atoms with Crippen LogP contribution in [0, 0.1) is 0 Å². The molecule has 0 heterocycles. The second-order valence-corrected chi connectivity index (χ2v) is 9.16. The highest BCUT2D eigenvalue weighted by atomic mass is 16.3. The Balaban J connectivity index is 1.67. The summed E-state index contributed by atoms with van der Waals surface area (Å²) in [4.78, 5) is 35.4. The lowest BCUT2D eigenvalue weighted by Crippen LogP contribution is -2.39. The number of carbonyl (C=O) groups is 1. The van der Waals surface area contributed by atoms with Gasteiger partial charge in [-0.05, 0) is 25.0 Å². The van der Waals surface area contributed by atoms with Crippen molar-refractivity contribution in [1.82, 2.24) is 0 Å². The molecular weight excluding hydrogens is 418 g/mol. The Morgan fingerprint density at radius 1 is 0.727 bits per heavy atom. The van der Waals surface area contributed by atoms with Gasteiger partial charge in [-0.2, -0.15) is 0 Å². The predicted molar refractivity (Wildman–Crippen MR) is 134 cm³/mol. The lowest BCUT2D eigenvalue weighted by atomic mass is 9.99. The van der Waals surface area contributed by atoms with E-state index >= 15 is 0 Å². The zero-order chi connectivity index (χ0) is 23.5. The first-order chi connectivity index (χ1) is 16.1. The molecule has 0 spiro atoms. The molecule has 0 radical (unpaired) electrons. The maximum atomic E-state index is 12.4. The molecule has 3 rings (SSSR count). The van der Waals surface area contributed by atoms with Gasteiger partial charge in [-0.25, -0.2) is 0 Å². The summed E-state index contributed by atoms with van der Waals surface area (Å²) in [6, 6.07) is 4.94. The molecule has 0 aromatic heterocycles. The van der Waals surface area contributed by atoms with E-state index in [0.717, 1.165) is 25.7 Å². The lowest BCUT2D eigenvalue weighted by Gasteiger charge is -2.23. The van der Waals surface area contributed by atoms with E-state index in [-0.39, 0.29) is 28.9 Å². The highest BCUT2D eigenvalue weighted by Gasteiger charge is 2.24. The number of amides is 1. The monoisotopic (exact) mass is 455 g/mol. The van der Waals surface area contributed by atoms with Gasteiger partial charge >= 0.3 is 0 Å². The van der Waals surface area contributed by atoms with Gasteiger partial charge < -0.3 is 21.1 Å². The minimum Gasteiger partial charge on any atom is -0.504 e. The normalized spacial score (nSPS) is 17.6. The lowest BCUT2D eigenvalue weighted by molar-refractivity contribution is -0.105. The average Bonchev–Trinajstić information content (AvgIpc) is 2.83. The molecule has 1 saturated carbocycles. The van der Waals surface area contributed by atoms with Crippen molar-refractivity contribution in [3.05, 3.63) is 38.6 Å². The summed E-state index contributed by atoms with van der Waals surface area (Å²) in [7, 11) is 0. The molecule has 1 aliphatic carbocycles. The summed E-state index contributed by atoms with van der Waals surface area (Å²) in [5, 5.41) is 19.0. The van der Waals surface area contributed by atoms with Crippen LogP contribution in [0.5, 0.6) is 5.75 Å². The Labute approximate surface area is 195 Å². The maximum absolute atomic E-state index is 12.4. The fourth-order valence-corrected chi connectivity index (χ4v) is 4.65. The molecule has 1 amide bonds. The highest BCUT2D eigenvalue weighted by molar-refractivity contribution is 5.85. The molecule has 7 nitrogen and oxygen atoms in total. The summed E-state index contributed by atoms with van der Waals surface area (Å²) in [6.07, 6.45) is 17.5. The van der Waals surface area contributed by atoms with Crippen LogP contribution in [-0.2, 0) is 4.79 Å². The molecular formula is C26H37N3O4. The third kappa shape index (κ3) is 7.07. The fraction of sp³-hybridized carbons (Fsp3) is 0.577. The highest BCUT2D eigenvalue weighted by Crippen LogP contribution is 2.34. The first-order valence-electron chi connectivity index (χ1n) is 12.5. The smallest absolute Gasteiger partial charge is 0.253 e. The Hall–Kier alpha value is -2.83. The molecule has 4 N–H and O–H groups in total. The van der Waals surface area contributed by atoms with E-state index in [1.54, 1.807) is 18.2 Å². The van der Waals surface area contributed by atoms with Crippen LogP contribution >= 0.6 is 0 Å². The van der Waals surface area contributed by atoms with E-state index in [1.165, 1.54) is 64.2 Å². The molecule has 1 aliphatic rings. The van der Waals surface area contributed by atoms with Gasteiger partial charge in [0.25, 0.3) is 10.9 Å². The Kier molecular flexibility index (Phi) is 9.78. The van der Waals surface area contributed by atoms with Crippen molar-refractivity contribution in [2.75, 3.05) is 16.0 Å². The predicted octanol–water partition coefficient (Wildman–Crippen LogP) is 5.56. The average molecular weight is 456 g/mol. The molecule has 2 aromatic rings. The standard InChI is InChI=1S/C26H37N3O4/c30-18-27-20-16-13-17-21(24(20)31)29-23-22(25(32)26(23)33)28-19-14-11-9-7-5-3-1-2-4-6-8-10-12-15-19/h13,16-19,28-29,31H,1-12,14-15H2,(H,27,30). The van der Waals surface area contributed by atoms with E-state index in [1.807, 2.05) is 0 Å². The van der Waals surface area contributed by atoms with Crippen LogP contribution in [0.3, 0.4) is 0 Å². The minimum atomic E-state index is -0.595. The molecule has 0 bridgehead atoms. The minimum absolute atomic E-state index is 0.149. The molecule has 180 valence electrons. The second-order valence-electron chi connectivity index (χ2n) is 9.16. The molecule has 0 atom stereocenters. The topological polar surface area (TPSA) is 108 Å². The summed E-state index contributed by atoms with van der Waals surface area (Å²) in [6.45, 7) is 0. The Morgan fingerprint density at radius 3 is 1.76 bits per heavy atom. The third-order valence-electron chi connectivity index (χ3n) is 6.62. The van der Waals surface area contributed by atoms with Crippen LogP contribution < -0.4 is 26.8 Å². The SMILES string of the molecule is O=CNc1cccc(Nc2c(NC3CCCCCCCCCCCCCC3)c(=O)c2=O)c1O. The molecule has 0 unspecified atom stereocenters. The van der Waals surface area contributed by atoms with Crippen molar-refractivity contribution in [2.24, 2.45) is 0 Å². The van der Waals surface area contributed by atoms with Crippen molar-refractivity contribution in [2.45, 2.75) is 95.9 Å². The van der Waals surface area contributed by atoms with Crippen molar-refractivity contribution < 1.29 is 9.90 Å². The first kappa shape index (κ1) is 24.8. The fourth-order valence-electron chi connectivity index (χ4n) is 4.65. The van der Waals surface area contributed by atoms with Gasteiger partial charge in [-0.15, -0.1) is 0 Å². The number of aromatic hydroxyl groups is 1. The summed E-state index contributed by atoms with van der Waals surface area (Å²) in [5.74, 6) is -0.183. The Bertz CT molecular complexity index is 949. The molecule has 0 saturated heterocycles. The number of hydrogen-bond donors (Lipinski definition) is 4. The molecule has 1 fully saturated rings. The first-order valence-corrected chi connectivity index (χ1v) is 12.5. The molecule has 2 aromatic carbocycles. The third-order valence-corrected chi connectivity index (χ3v) is 6.62. The number of para-hydroxylation sites is 1. The van der Waals surface area contributed by atoms with E-state index in [9.17, 15) is 19.5 Å². The van der Waals surface area contributed by atoms with Crippen LogP contribution in [-0.4, -0.2) is 17.6 Å². The van der Waals surface area contributed by atoms with Crippen molar-refractivity contribution >= 4 is 29.2 Å². The van der Waals surface area contributed by atoms with Gasteiger partial charge in [0.05, 0.1) is 11.4 Å². The van der Waals surface area contributed by atoms with Gasteiger partial charge in [-0.3, -0.25) is 14.4 Å².